The highest BCUT2D eigenvalue weighted by molar-refractivity contribution is 9.10. The second-order valence-electron chi connectivity index (χ2n) is 10.0. The number of furan rings is 1. The Hall–Kier alpha value is -2.61. The second kappa shape index (κ2) is 9.94. The van der Waals surface area contributed by atoms with E-state index in [9.17, 15) is 14.4 Å². The van der Waals surface area contributed by atoms with Crippen LogP contribution in [0.2, 0.25) is 0 Å². The van der Waals surface area contributed by atoms with Crippen LogP contribution in [-0.4, -0.2) is 40.7 Å². The molecule has 3 atom stereocenters. The quantitative estimate of drug-likeness (QED) is 0.571. The lowest BCUT2D eigenvalue weighted by Crippen LogP contribution is -2.67. The Bertz CT molecular complexity index is 1050. The molecule has 8 heteroatoms. The van der Waals surface area contributed by atoms with Gasteiger partial charge in [0, 0.05) is 6.04 Å². The molecule has 1 aliphatic carbocycles. The molecule has 182 valence electrons. The van der Waals surface area contributed by atoms with Gasteiger partial charge < -0.3 is 20.0 Å². The van der Waals surface area contributed by atoms with Crippen LogP contribution in [0.25, 0.3) is 0 Å². The highest BCUT2D eigenvalue weighted by Crippen LogP contribution is 2.36. The minimum atomic E-state index is -1.04. The number of rotatable bonds is 7. The highest BCUT2D eigenvalue weighted by atomic mass is 79.9. The Labute approximate surface area is 208 Å². The average Bonchev–Trinajstić information content (AvgIpc) is 3.38. The monoisotopic (exact) mass is 529 g/mol. The van der Waals surface area contributed by atoms with E-state index in [-0.39, 0.29) is 35.6 Å². The number of hydrogen-bond donors (Lipinski definition) is 2. The van der Waals surface area contributed by atoms with E-state index in [0.29, 0.717) is 29.7 Å². The number of amides is 3. The Morgan fingerprint density at radius 1 is 1.12 bits per heavy atom. The number of benzene rings is 1. The van der Waals surface area contributed by atoms with Crippen LogP contribution in [-0.2, 0) is 27.2 Å². The number of carbonyl (C=O) groups is 3. The molecule has 1 aliphatic heterocycles. The van der Waals surface area contributed by atoms with Crippen LogP contribution >= 0.6 is 15.9 Å². The van der Waals surface area contributed by atoms with E-state index < -0.39 is 18.1 Å². The predicted molar refractivity (Wildman–Crippen MR) is 132 cm³/mol. The molecule has 0 bridgehead atoms. The summed E-state index contributed by atoms with van der Waals surface area (Å²) in [6, 6.07) is 8.88. The normalized spacial score (nSPS) is 21.7. The summed E-state index contributed by atoms with van der Waals surface area (Å²) in [4.78, 5) is 42.4. The third-order valence-corrected chi connectivity index (χ3v) is 6.95. The van der Waals surface area contributed by atoms with E-state index in [1.165, 1.54) is 16.0 Å². The van der Waals surface area contributed by atoms with Gasteiger partial charge in [-0.15, -0.1) is 0 Å². The smallest absolute Gasteiger partial charge is 0.250 e. The zero-order valence-corrected chi connectivity index (χ0v) is 21.6. The van der Waals surface area contributed by atoms with Crippen LogP contribution in [0.3, 0.4) is 0 Å². The lowest BCUT2D eigenvalue weighted by Gasteiger charge is -2.44. The van der Waals surface area contributed by atoms with Crippen molar-refractivity contribution in [1.29, 1.82) is 0 Å². The Kier molecular flexibility index (Phi) is 7.17. The Balaban J connectivity index is 1.73. The van der Waals surface area contributed by atoms with E-state index in [1.54, 1.807) is 12.1 Å². The van der Waals surface area contributed by atoms with Gasteiger partial charge in [-0.25, -0.2) is 0 Å². The number of nitrogens with zero attached hydrogens (tertiary/aromatic N) is 1. The van der Waals surface area contributed by atoms with E-state index in [1.807, 2.05) is 39.8 Å². The molecular formula is C26H32BrN3O4. The third kappa shape index (κ3) is 4.92. The molecule has 2 aliphatic rings. The van der Waals surface area contributed by atoms with Crippen LogP contribution in [0.15, 0.2) is 45.5 Å². The maximum atomic E-state index is 14.1. The lowest BCUT2D eigenvalue weighted by atomic mass is 9.88. The fourth-order valence-electron chi connectivity index (χ4n) is 5.11. The average molecular weight is 530 g/mol. The van der Waals surface area contributed by atoms with Crippen LogP contribution in [0.5, 0.6) is 0 Å². The van der Waals surface area contributed by atoms with Gasteiger partial charge in [0.2, 0.25) is 11.8 Å². The predicted octanol–water partition coefficient (Wildman–Crippen LogP) is 3.76. The number of fused-ring (bicyclic) bond motifs is 1. The van der Waals surface area contributed by atoms with Crippen LogP contribution < -0.4 is 10.6 Å². The van der Waals surface area contributed by atoms with E-state index >= 15 is 0 Å². The van der Waals surface area contributed by atoms with Crippen molar-refractivity contribution in [1.82, 2.24) is 15.5 Å². The third-order valence-electron chi connectivity index (χ3n) is 6.53. The van der Waals surface area contributed by atoms with Gasteiger partial charge in [-0.3, -0.25) is 14.4 Å². The van der Waals surface area contributed by atoms with Gasteiger partial charge in [-0.05, 0) is 84.1 Å². The molecule has 3 amide bonds. The maximum Gasteiger partial charge on any atom is 0.250 e. The number of nitrogens with one attached hydrogen (secondary N) is 2. The standard InChI is InChI=1S/C26H32BrN3O4/c1-14(2)11-19-24(31)29-22(18-12-16-7-5-6-8-17(16)13-18)26(33)30(19)23(25(32)28-15(3)4)20-9-10-21(27)34-20/h5-10,14-15,18-19,22-23H,11-13H2,1-4H3,(H,28,32)(H,29,31)/t19-,22?,23-/m1/s1. The van der Waals surface area contributed by atoms with Crippen molar-refractivity contribution < 1.29 is 18.8 Å². The molecule has 34 heavy (non-hydrogen) atoms. The molecule has 0 radical (unpaired) electrons. The zero-order valence-electron chi connectivity index (χ0n) is 20.0. The molecule has 1 fully saturated rings. The Morgan fingerprint density at radius 3 is 2.29 bits per heavy atom. The summed E-state index contributed by atoms with van der Waals surface area (Å²) in [5.74, 6) is -0.400. The number of hydrogen-bond acceptors (Lipinski definition) is 4. The molecule has 1 aromatic heterocycles. The number of halogens is 1. The largest absolute Gasteiger partial charge is 0.452 e. The van der Waals surface area contributed by atoms with Crippen molar-refractivity contribution >= 4 is 33.7 Å². The van der Waals surface area contributed by atoms with E-state index in [0.717, 1.165) is 0 Å². The molecule has 4 rings (SSSR count). The van der Waals surface area contributed by atoms with Crippen LogP contribution in [0, 0.1) is 11.8 Å². The van der Waals surface area contributed by atoms with Crippen LogP contribution in [0.4, 0.5) is 0 Å². The van der Waals surface area contributed by atoms with Crippen molar-refractivity contribution in [3.63, 3.8) is 0 Å². The first-order valence-electron chi connectivity index (χ1n) is 11.9. The van der Waals surface area contributed by atoms with Crippen molar-refractivity contribution in [3.8, 4) is 0 Å². The minimum absolute atomic E-state index is 0.0616. The lowest BCUT2D eigenvalue weighted by molar-refractivity contribution is -0.158. The van der Waals surface area contributed by atoms with Gasteiger partial charge in [0.25, 0.3) is 5.91 Å². The second-order valence-corrected chi connectivity index (χ2v) is 10.8. The summed E-state index contributed by atoms with van der Waals surface area (Å²) >= 11 is 3.31. The van der Waals surface area contributed by atoms with E-state index in [2.05, 4.69) is 38.7 Å². The first-order chi connectivity index (χ1) is 16.2. The fourth-order valence-corrected chi connectivity index (χ4v) is 5.42. The molecule has 1 saturated heterocycles. The van der Waals surface area contributed by atoms with Gasteiger partial charge in [-0.1, -0.05) is 38.1 Å². The zero-order chi connectivity index (χ0) is 24.6. The maximum absolute atomic E-state index is 14.1. The number of carbonyl (C=O) groups excluding carboxylic acids is 3. The first-order valence-corrected chi connectivity index (χ1v) is 12.7. The molecule has 2 aromatic rings. The molecule has 7 nitrogen and oxygen atoms in total. The fraction of sp³-hybridized carbons (Fsp3) is 0.500. The molecule has 2 N–H and O–H groups in total. The Morgan fingerprint density at radius 2 is 1.76 bits per heavy atom. The molecule has 1 unspecified atom stereocenters. The SMILES string of the molecule is CC(C)C[C@@H]1C(=O)NC(C2Cc3ccccc3C2)C(=O)N1[C@@H](C(=O)NC(C)C)c1ccc(Br)o1. The van der Waals surface area contributed by atoms with Gasteiger partial charge >= 0.3 is 0 Å². The summed E-state index contributed by atoms with van der Waals surface area (Å²) in [7, 11) is 0. The van der Waals surface area contributed by atoms with Gasteiger partial charge in [0.15, 0.2) is 10.7 Å². The summed E-state index contributed by atoms with van der Waals surface area (Å²) in [6.07, 6.45) is 1.87. The number of piperazine rings is 1. The summed E-state index contributed by atoms with van der Waals surface area (Å²) in [5, 5.41) is 5.93. The minimum Gasteiger partial charge on any atom is -0.452 e. The van der Waals surface area contributed by atoms with Gasteiger partial charge in [0.05, 0.1) is 0 Å². The molecule has 0 saturated carbocycles. The topological polar surface area (TPSA) is 91.7 Å². The van der Waals surface area contributed by atoms with Crippen LogP contribution in [0.1, 0.15) is 57.0 Å². The summed E-state index contributed by atoms with van der Waals surface area (Å²) in [5.41, 5.74) is 2.41. The van der Waals surface area contributed by atoms with Crippen molar-refractivity contribution in [3.05, 3.63) is 58.0 Å². The van der Waals surface area contributed by atoms with E-state index in [4.69, 9.17) is 4.42 Å². The summed E-state index contributed by atoms with van der Waals surface area (Å²) in [6.45, 7) is 7.73. The van der Waals surface area contributed by atoms with Gasteiger partial charge in [-0.2, -0.15) is 0 Å². The molecular weight excluding hydrogens is 498 g/mol. The van der Waals surface area contributed by atoms with Crippen molar-refractivity contribution in [2.75, 3.05) is 0 Å². The van der Waals surface area contributed by atoms with Gasteiger partial charge in [0.1, 0.15) is 17.8 Å². The molecule has 2 heterocycles. The molecule has 1 aromatic carbocycles. The highest BCUT2D eigenvalue weighted by Gasteiger charge is 2.50. The van der Waals surface area contributed by atoms with Crippen molar-refractivity contribution in [2.24, 2.45) is 11.8 Å². The summed E-state index contributed by atoms with van der Waals surface area (Å²) < 4.78 is 6.24. The first kappa shape index (κ1) is 24.5. The molecule has 0 spiro atoms. The van der Waals surface area contributed by atoms with Crippen molar-refractivity contribution in [2.45, 2.75) is 71.1 Å².